The zero-order chi connectivity index (χ0) is 22.4. The number of hydrogen-bond acceptors (Lipinski definition) is 4. The van der Waals surface area contributed by atoms with Crippen LogP contribution in [-0.2, 0) is 14.4 Å². The van der Waals surface area contributed by atoms with Gasteiger partial charge in [-0.15, -0.1) is 0 Å². The van der Waals surface area contributed by atoms with Crippen molar-refractivity contribution in [1.29, 1.82) is 0 Å². The molecule has 162 valence electrons. The summed E-state index contributed by atoms with van der Waals surface area (Å²) in [5.74, 6) is -1.61. The SMILES string of the molecule is CN[C@H](C(=O)N[C@H](C(=O)NC(/C=C(\C)C(=O)O)C(C)C)C(C)(C)C)C(C)(C)C. The molecule has 0 aromatic heterocycles. The third kappa shape index (κ3) is 8.00. The highest BCUT2D eigenvalue weighted by molar-refractivity contribution is 5.91. The Morgan fingerprint density at radius 2 is 1.29 bits per heavy atom. The van der Waals surface area contributed by atoms with E-state index >= 15 is 0 Å². The minimum absolute atomic E-state index is 0.00537. The van der Waals surface area contributed by atoms with Crippen LogP contribution in [0.4, 0.5) is 0 Å². The summed E-state index contributed by atoms with van der Waals surface area (Å²) in [6.07, 6.45) is 1.54. The van der Waals surface area contributed by atoms with Crippen molar-refractivity contribution in [1.82, 2.24) is 16.0 Å². The molecular formula is C21H39N3O4. The summed E-state index contributed by atoms with van der Waals surface area (Å²) >= 11 is 0. The lowest BCUT2D eigenvalue weighted by Gasteiger charge is -2.35. The fraction of sp³-hybridized carbons (Fsp3) is 0.762. The molecule has 7 heteroatoms. The molecule has 7 nitrogen and oxygen atoms in total. The van der Waals surface area contributed by atoms with E-state index in [2.05, 4.69) is 16.0 Å². The predicted molar refractivity (Wildman–Crippen MR) is 112 cm³/mol. The van der Waals surface area contributed by atoms with Gasteiger partial charge in [0.2, 0.25) is 11.8 Å². The second-order valence-corrected chi connectivity index (χ2v) is 9.83. The molecule has 2 amide bonds. The molecule has 0 bridgehead atoms. The van der Waals surface area contributed by atoms with Crippen molar-refractivity contribution < 1.29 is 19.5 Å². The first kappa shape index (κ1) is 26.1. The molecule has 3 atom stereocenters. The van der Waals surface area contributed by atoms with Gasteiger partial charge in [0, 0.05) is 5.57 Å². The summed E-state index contributed by atoms with van der Waals surface area (Å²) in [5.41, 5.74) is -0.680. The van der Waals surface area contributed by atoms with E-state index in [1.165, 1.54) is 13.0 Å². The van der Waals surface area contributed by atoms with Crippen molar-refractivity contribution in [2.24, 2.45) is 16.7 Å². The van der Waals surface area contributed by atoms with Gasteiger partial charge >= 0.3 is 5.97 Å². The normalized spacial score (nSPS) is 16.3. The largest absolute Gasteiger partial charge is 0.478 e. The average Bonchev–Trinajstić information content (AvgIpc) is 2.49. The number of hydrogen-bond donors (Lipinski definition) is 4. The standard InChI is InChI=1S/C21H39N3O4/c1-12(2)14(11-13(3)19(27)28)23-18(26)16(21(7,8)9)24-17(25)15(22-10)20(4,5)6/h11-12,14-16,22H,1-10H3,(H,23,26)(H,24,25)(H,27,28)/b13-11+/t14?,15-,16-/m1/s1. The van der Waals surface area contributed by atoms with Gasteiger partial charge < -0.3 is 21.1 Å². The van der Waals surface area contributed by atoms with Crippen LogP contribution in [0.3, 0.4) is 0 Å². The van der Waals surface area contributed by atoms with Crippen LogP contribution in [-0.4, -0.2) is 48.1 Å². The van der Waals surface area contributed by atoms with E-state index in [0.717, 1.165) is 0 Å². The lowest BCUT2D eigenvalue weighted by molar-refractivity contribution is -0.134. The van der Waals surface area contributed by atoms with Crippen molar-refractivity contribution in [3.8, 4) is 0 Å². The number of carbonyl (C=O) groups excluding carboxylic acids is 2. The number of likely N-dealkylation sites (N-methyl/N-ethyl adjacent to an activating group) is 1. The van der Waals surface area contributed by atoms with Crippen LogP contribution in [0, 0.1) is 16.7 Å². The Morgan fingerprint density at radius 3 is 1.61 bits per heavy atom. The highest BCUT2D eigenvalue weighted by atomic mass is 16.4. The zero-order valence-corrected chi connectivity index (χ0v) is 19.1. The molecule has 1 unspecified atom stereocenters. The number of aliphatic carboxylic acids is 1. The van der Waals surface area contributed by atoms with Crippen molar-refractivity contribution in [3.63, 3.8) is 0 Å². The van der Waals surface area contributed by atoms with Crippen molar-refractivity contribution >= 4 is 17.8 Å². The van der Waals surface area contributed by atoms with Gasteiger partial charge in [0.15, 0.2) is 0 Å². The lowest BCUT2D eigenvalue weighted by atomic mass is 9.83. The summed E-state index contributed by atoms with van der Waals surface area (Å²) in [7, 11) is 1.72. The Morgan fingerprint density at radius 1 is 0.857 bits per heavy atom. The van der Waals surface area contributed by atoms with Gasteiger partial charge in [0.05, 0.1) is 12.1 Å². The number of rotatable bonds is 8. The molecule has 4 N–H and O–H groups in total. The summed E-state index contributed by atoms with van der Waals surface area (Å²) in [6.45, 7) is 16.8. The van der Waals surface area contributed by atoms with Gasteiger partial charge in [-0.1, -0.05) is 61.5 Å². The van der Waals surface area contributed by atoms with Crippen LogP contribution in [0.1, 0.15) is 62.3 Å². The Hall–Kier alpha value is -1.89. The minimum atomic E-state index is -1.03. The molecule has 0 aliphatic heterocycles. The highest BCUT2D eigenvalue weighted by Crippen LogP contribution is 2.23. The van der Waals surface area contributed by atoms with E-state index in [0.29, 0.717) is 0 Å². The van der Waals surface area contributed by atoms with E-state index in [-0.39, 0.29) is 28.7 Å². The molecule has 0 fully saturated rings. The fourth-order valence-corrected chi connectivity index (χ4v) is 2.85. The van der Waals surface area contributed by atoms with E-state index in [9.17, 15) is 14.4 Å². The third-order valence-corrected chi connectivity index (χ3v) is 4.63. The molecular weight excluding hydrogens is 358 g/mol. The van der Waals surface area contributed by atoms with Crippen LogP contribution in [0.5, 0.6) is 0 Å². The number of carboxylic acids is 1. The summed E-state index contributed by atoms with van der Waals surface area (Å²) in [6, 6.07) is -1.67. The molecule has 0 heterocycles. The first-order valence-corrected chi connectivity index (χ1v) is 9.72. The molecule has 0 aromatic rings. The maximum absolute atomic E-state index is 13.0. The maximum atomic E-state index is 13.0. The third-order valence-electron chi connectivity index (χ3n) is 4.63. The second-order valence-electron chi connectivity index (χ2n) is 9.83. The smallest absolute Gasteiger partial charge is 0.331 e. The minimum Gasteiger partial charge on any atom is -0.478 e. The van der Waals surface area contributed by atoms with Crippen LogP contribution in [0.2, 0.25) is 0 Å². The van der Waals surface area contributed by atoms with Crippen molar-refractivity contribution in [2.75, 3.05) is 7.05 Å². The molecule has 0 aromatic carbocycles. The van der Waals surface area contributed by atoms with Crippen LogP contribution in [0.15, 0.2) is 11.6 Å². The molecule has 0 aliphatic rings. The fourth-order valence-electron chi connectivity index (χ4n) is 2.85. The van der Waals surface area contributed by atoms with Crippen molar-refractivity contribution in [3.05, 3.63) is 11.6 Å². The van der Waals surface area contributed by atoms with Crippen molar-refractivity contribution in [2.45, 2.75) is 80.4 Å². The zero-order valence-electron chi connectivity index (χ0n) is 19.1. The first-order valence-electron chi connectivity index (χ1n) is 9.72. The molecule has 0 saturated carbocycles. The monoisotopic (exact) mass is 397 g/mol. The van der Waals surface area contributed by atoms with Crippen LogP contribution in [0.25, 0.3) is 0 Å². The van der Waals surface area contributed by atoms with Gasteiger partial charge in [-0.25, -0.2) is 4.79 Å². The number of carbonyl (C=O) groups is 3. The quantitative estimate of drug-likeness (QED) is 0.470. The topological polar surface area (TPSA) is 108 Å². The van der Waals surface area contributed by atoms with E-state index in [1.807, 2.05) is 55.4 Å². The summed E-state index contributed by atoms with van der Waals surface area (Å²) < 4.78 is 0. The Bertz CT molecular complexity index is 598. The van der Waals surface area contributed by atoms with Gasteiger partial charge in [0.1, 0.15) is 6.04 Å². The predicted octanol–water partition coefficient (Wildman–Crippen LogP) is 2.32. The Labute approximate surface area is 169 Å². The van der Waals surface area contributed by atoms with E-state index in [4.69, 9.17) is 5.11 Å². The highest BCUT2D eigenvalue weighted by Gasteiger charge is 2.37. The molecule has 0 rings (SSSR count). The number of carboxylic acid groups (broad SMARTS) is 1. The Kier molecular flexibility index (Phi) is 9.37. The van der Waals surface area contributed by atoms with Gasteiger partial charge in [0.25, 0.3) is 0 Å². The van der Waals surface area contributed by atoms with Gasteiger partial charge in [-0.3, -0.25) is 9.59 Å². The number of nitrogens with one attached hydrogen (secondary N) is 3. The Balaban J connectivity index is 5.62. The van der Waals surface area contributed by atoms with Gasteiger partial charge in [-0.2, -0.15) is 0 Å². The van der Waals surface area contributed by atoms with E-state index in [1.54, 1.807) is 7.05 Å². The molecule has 0 radical (unpaired) electrons. The second kappa shape index (κ2) is 10.0. The molecule has 0 spiro atoms. The van der Waals surface area contributed by atoms with E-state index < -0.39 is 29.5 Å². The van der Waals surface area contributed by atoms with Crippen LogP contribution >= 0.6 is 0 Å². The number of amides is 2. The maximum Gasteiger partial charge on any atom is 0.331 e. The van der Waals surface area contributed by atoms with Crippen LogP contribution < -0.4 is 16.0 Å². The average molecular weight is 398 g/mol. The molecule has 0 aliphatic carbocycles. The summed E-state index contributed by atoms with van der Waals surface area (Å²) in [4.78, 5) is 37.0. The lowest BCUT2D eigenvalue weighted by Crippen LogP contribution is -2.60. The molecule has 28 heavy (non-hydrogen) atoms. The summed E-state index contributed by atoms with van der Waals surface area (Å²) in [5, 5.41) is 17.9. The molecule has 0 saturated heterocycles. The first-order chi connectivity index (χ1) is 12.5. The van der Waals surface area contributed by atoms with Gasteiger partial charge in [-0.05, 0) is 30.7 Å².